The number of hydrogen-bond donors (Lipinski definition) is 1. The van der Waals surface area contributed by atoms with Crippen LogP contribution in [-0.2, 0) is 9.53 Å². The molecule has 1 N–H and O–H groups in total. The van der Waals surface area contributed by atoms with Gasteiger partial charge in [0.05, 0.1) is 23.5 Å². The van der Waals surface area contributed by atoms with Gasteiger partial charge in [0, 0.05) is 29.5 Å². The van der Waals surface area contributed by atoms with Crippen LogP contribution in [0.5, 0.6) is 0 Å². The first-order valence-corrected chi connectivity index (χ1v) is 13.9. The summed E-state index contributed by atoms with van der Waals surface area (Å²) in [4.78, 5) is 28.0. The van der Waals surface area contributed by atoms with Crippen molar-refractivity contribution in [3.8, 4) is 5.69 Å². The normalized spacial score (nSPS) is 18.5. The molecule has 8 nitrogen and oxygen atoms in total. The summed E-state index contributed by atoms with van der Waals surface area (Å²) in [5.74, 6) is -1.000. The highest BCUT2D eigenvalue weighted by Gasteiger charge is 2.35. The zero-order valence-corrected chi connectivity index (χ0v) is 24.5. The number of ether oxygens (including phenoxy) is 1. The SMILES string of the molecule is Cc1cc(-n2cc(C3CCN(C(=O)C(CNC(=O)OC(C)(C)C)c4ccc(F)cc4)C(C)C3)nn2)ccc1Br. The average Bonchev–Trinajstić information content (AvgIpc) is 3.36. The molecule has 3 atom stereocenters. The fourth-order valence-electron chi connectivity index (χ4n) is 4.87. The van der Waals surface area contributed by atoms with Crippen molar-refractivity contribution in [3.63, 3.8) is 0 Å². The van der Waals surface area contributed by atoms with Crippen LogP contribution in [0.3, 0.4) is 0 Å². The lowest BCUT2D eigenvalue weighted by Gasteiger charge is -2.39. The minimum absolute atomic E-state index is 0.0486. The van der Waals surface area contributed by atoms with Gasteiger partial charge in [-0.25, -0.2) is 13.9 Å². The van der Waals surface area contributed by atoms with Crippen molar-refractivity contribution in [1.82, 2.24) is 25.2 Å². The molecule has 1 fully saturated rings. The van der Waals surface area contributed by atoms with Crippen LogP contribution in [0.15, 0.2) is 53.1 Å². The van der Waals surface area contributed by atoms with E-state index in [4.69, 9.17) is 4.74 Å². The summed E-state index contributed by atoms with van der Waals surface area (Å²) in [6, 6.07) is 11.8. The van der Waals surface area contributed by atoms with Crippen LogP contribution in [-0.4, -0.2) is 56.6 Å². The van der Waals surface area contributed by atoms with Gasteiger partial charge in [-0.05, 0) is 88.9 Å². The maximum atomic E-state index is 13.8. The molecular weight excluding hydrogens is 565 g/mol. The molecule has 0 radical (unpaired) electrons. The lowest BCUT2D eigenvalue weighted by molar-refractivity contribution is -0.136. The van der Waals surface area contributed by atoms with Crippen molar-refractivity contribution in [2.75, 3.05) is 13.1 Å². The first-order chi connectivity index (χ1) is 18.4. The van der Waals surface area contributed by atoms with Gasteiger partial charge in [-0.1, -0.05) is 33.3 Å². The summed E-state index contributed by atoms with van der Waals surface area (Å²) in [5, 5.41) is 11.5. The second-order valence-corrected chi connectivity index (χ2v) is 12.0. The van der Waals surface area contributed by atoms with Gasteiger partial charge in [0.2, 0.25) is 5.91 Å². The number of alkyl carbamates (subject to hydrolysis) is 1. The standard InChI is InChI=1S/C29H35BrFN5O3/c1-18-14-23(10-11-25(18)30)36-17-26(33-34-36)21-12-13-35(19(2)15-21)27(37)24(20-6-8-22(31)9-7-20)16-32-28(38)39-29(3,4)5/h6-11,14,17,19,21,24H,12-13,15-16H2,1-5H3,(H,32,38). The Morgan fingerprint density at radius 2 is 1.92 bits per heavy atom. The number of piperidine rings is 1. The third-order valence-electron chi connectivity index (χ3n) is 6.91. The number of aryl methyl sites for hydroxylation is 1. The topological polar surface area (TPSA) is 89.4 Å². The summed E-state index contributed by atoms with van der Waals surface area (Å²) >= 11 is 3.53. The van der Waals surface area contributed by atoms with E-state index in [0.29, 0.717) is 12.1 Å². The zero-order chi connectivity index (χ0) is 28.3. The molecule has 1 aromatic heterocycles. The summed E-state index contributed by atoms with van der Waals surface area (Å²) in [5.41, 5.74) is 2.93. The average molecular weight is 601 g/mol. The Morgan fingerprint density at radius 3 is 2.56 bits per heavy atom. The Kier molecular flexibility index (Phi) is 8.73. The quantitative estimate of drug-likeness (QED) is 0.382. The van der Waals surface area contributed by atoms with E-state index >= 15 is 0 Å². The highest BCUT2D eigenvalue weighted by molar-refractivity contribution is 9.10. The molecule has 3 aromatic rings. The van der Waals surface area contributed by atoms with E-state index in [1.807, 2.05) is 43.1 Å². The number of rotatable bonds is 6. The number of amides is 2. The van der Waals surface area contributed by atoms with Crippen LogP contribution in [0.2, 0.25) is 0 Å². The van der Waals surface area contributed by atoms with Crippen molar-refractivity contribution >= 4 is 27.9 Å². The molecule has 10 heteroatoms. The van der Waals surface area contributed by atoms with Crippen LogP contribution in [0.25, 0.3) is 5.69 Å². The Morgan fingerprint density at radius 1 is 1.21 bits per heavy atom. The third-order valence-corrected chi connectivity index (χ3v) is 7.80. The predicted molar refractivity (Wildman–Crippen MR) is 150 cm³/mol. The van der Waals surface area contributed by atoms with E-state index in [-0.39, 0.29) is 30.2 Å². The molecule has 0 aliphatic carbocycles. The van der Waals surface area contributed by atoms with Crippen LogP contribution in [0.1, 0.15) is 69.2 Å². The fourth-order valence-corrected chi connectivity index (χ4v) is 5.12. The lowest BCUT2D eigenvalue weighted by atomic mass is 9.87. The largest absolute Gasteiger partial charge is 0.444 e. The van der Waals surface area contributed by atoms with Crippen LogP contribution in [0.4, 0.5) is 9.18 Å². The van der Waals surface area contributed by atoms with E-state index in [1.165, 1.54) is 12.1 Å². The van der Waals surface area contributed by atoms with E-state index in [9.17, 15) is 14.0 Å². The highest BCUT2D eigenvalue weighted by Crippen LogP contribution is 2.33. The second kappa shape index (κ2) is 11.9. The van der Waals surface area contributed by atoms with Crippen LogP contribution >= 0.6 is 15.9 Å². The van der Waals surface area contributed by atoms with Crippen molar-refractivity contribution in [3.05, 3.63) is 75.8 Å². The van der Waals surface area contributed by atoms with E-state index in [0.717, 1.165) is 34.3 Å². The van der Waals surface area contributed by atoms with Crippen molar-refractivity contribution in [1.29, 1.82) is 0 Å². The van der Waals surface area contributed by atoms with Crippen molar-refractivity contribution < 1.29 is 18.7 Å². The number of halogens is 2. The highest BCUT2D eigenvalue weighted by atomic mass is 79.9. The Balaban J connectivity index is 1.46. The number of hydrogen-bond acceptors (Lipinski definition) is 5. The number of carbonyl (C=O) groups is 2. The molecule has 1 aliphatic heterocycles. The van der Waals surface area contributed by atoms with Gasteiger partial charge in [-0.2, -0.15) is 0 Å². The number of carbonyl (C=O) groups excluding carboxylic acids is 2. The fraction of sp³-hybridized carbons (Fsp3) is 0.448. The Hall–Kier alpha value is -3.27. The molecule has 2 heterocycles. The maximum absolute atomic E-state index is 13.8. The predicted octanol–water partition coefficient (Wildman–Crippen LogP) is 5.88. The van der Waals surface area contributed by atoms with Gasteiger partial charge in [0.15, 0.2) is 0 Å². The molecule has 2 amide bonds. The number of aromatic nitrogens is 3. The van der Waals surface area contributed by atoms with E-state index in [2.05, 4.69) is 31.6 Å². The van der Waals surface area contributed by atoms with Crippen LogP contribution < -0.4 is 5.32 Å². The number of nitrogens with one attached hydrogen (secondary N) is 1. The summed E-state index contributed by atoms with van der Waals surface area (Å²) < 4.78 is 21.8. The van der Waals surface area contributed by atoms with E-state index < -0.39 is 17.6 Å². The minimum Gasteiger partial charge on any atom is -0.444 e. The Bertz CT molecular complexity index is 1320. The maximum Gasteiger partial charge on any atom is 0.407 e. The minimum atomic E-state index is -0.668. The molecule has 1 aliphatic rings. The van der Waals surface area contributed by atoms with E-state index in [1.54, 1.807) is 37.6 Å². The monoisotopic (exact) mass is 599 g/mol. The summed E-state index contributed by atoms with van der Waals surface area (Å²) in [7, 11) is 0. The smallest absolute Gasteiger partial charge is 0.407 e. The van der Waals surface area contributed by atoms with Gasteiger partial charge >= 0.3 is 6.09 Å². The number of likely N-dealkylation sites (tertiary alicyclic amines) is 1. The second-order valence-electron chi connectivity index (χ2n) is 11.1. The molecule has 1 saturated heterocycles. The molecule has 3 unspecified atom stereocenters. The first kappa shape index (κ1) is 28.7. The molecule has 0 spiro atoms. The van der Waals surface area contributed by atoms with Gasteiger partial charge in [0.1, 0.15) is 11.4 Å². The van der Waals surface area contributed by atoms with Gasteiger partial charge in [0.25, 0.3) is 0 Å². The zero-order valence-electron chi connectivity index (χ0n) is 22.9. The molecular formula is C29H35BrFN5O3. The van der Waals surface area contributed by atoms with Gasteiger partial charge < -0.3 is 15.0 Å². The van der Waals surface area contributed by atoms with Crippen molar-refractivity contribution in [2.24, 2.45) is 0 Å². The molecule has 39 heavy (non-hydrogen) atoms. The summed E-state index contributed by atoms with van der Waals surface area (Å²) in [6.45, 7) is 9.97. The van der Waals surface area contributed by atoms with Gasteiger partial charge in [-0.3, -0.25) is 4.79 Å². The molecule has 0 bridgehead atoms. The summed E-state index contributed by atoms with van der Waals surface area (Å²) in [6.07, 6.45) is 2.84. The molecule has 4 rings (SSSR count). The van der Waals surface area contributed by atoms with Crippen molar-refractivity contribution in [2.45, 2.75) is 70.9 Å². The lowest BCUT2D eigenvalue weighted by Crippen LogP contribution is -2.48. The Labute approximate surface area is 237 Å². The first-order valence-electron chi connectivity index (χ1n) is 13.1. The van der Waals surface area contributed by atoms with Crippen LogP contribution in [0, 0.1) is 12.7 Å². The number of benzene rings is 2. The van der Waals surface area contributed by atoms with Gasteiger partial charge in [-0.15, -0.1) is 5.10 Å². The molecule has 0 saturated carbocycles. The third kappa shape index (κ3) is 7.23. The number of nitrogens with zero attached hydrogens (tertiary/aromatic N) is 4. The molecule has 2 aromatic carbocycles. The molecule has 208 valence electrons.